The molecule has 30 heavy (non-hydrogen) atoms. The lowest BCUT2D eigenvalue weighted by Crippen LogP contribution is -2.34. The topological polar surface area (TPSA) is 109 Å². The van der Waals surface area contributed by atoms with Crippen LogP contribution >= 0.6 is 0 Å². The number of benzene rings is 1. The Bertz CT molecular complexity index is 1100. The fraction of sp³-hybridized carbons (Fsp3) is 0.364. The summed E-state index contributed by atoms with van der Waals surface area (Å²) in [6.07, 6.45) is 0.556. The number of nitrogens with zero attached hydrogens (tertiary/aromatic N) is 1. The molecule has 1 aromatic heterocycles. The van der Waals surface area contributed by atoms with E-state index in [1.165, 1.54) is 11.0 Å². The number of nitrogens with one attached hydrogen (secondary N) is 2. The van der Waals surface area contributed by atoms with Crippen LogP contribution in [0, 0.1) is 5.41 Å². The number of hydrogen-bond acceptors (Lipinski definition) is 5. The van der Waals surface area contributed by atoms with E-state index < -0.39 is 17.6 Å². The van der Waals surface area contributed by atoms with Crippen LogP contribution in [0.4, 0.5) is 10.5 Å². The summed E-state index contributed by atoms with van der Waals surface area (Å²) in [6.45, 7) is 4.94. The molecule has 1 aromatic carbocycles. The molecule has 2 heterocycles. The summed E-state index contributed by atoms with van der Waals surface area (Å²) in [4.78, 5) is 53.5. The molecule has 8 nitrogen and oxygen atoms in total. The summed E-state index contributed by atoms with van der Waals surface area (Å²) in [5.41, 5.74) is 1.64. The molecule has 0 radical (unpaired) electrons. The van der Waals surface area contributed by atoms with E-state index in [2.05, 4.69) is 10.3 Å². The number of ether oxygens (including phenoxy) is 1. The molecule has 0 atom stereocenters. The zero-order valence-electron chi connectivity index (χ0n) is 16.9. The number of cyclic esters (lactones) is 1. The molecular formula is C22H23N3O5. The number of anilines is 1. The number of pyridine rings is 1. The molecule has 2 N–H and O–H groups in total. The van der Waals surface area contributed by atoms with Gasteiger partial charge in [-0.3, -0.25) is 19.3 Å². The molecule has 0 saturated carbocycles. The average molecular weight is 409 g/mol. The Morgan fingerprint density at radius 2 is 2.00 bits per heavy atom. The molecule has 2 aliphatic rings. The van der Waals surface area contributed by atoms with Crippen molar-refractivity contribution in [2.75, 3.05) is 18.1 Å². The highest BCUT2D eigenvalue weighted by atomic mass is 16.6. The molecule has 1 aliphatic heterocycles. The van der Waals surface area contributed by atoms with E-state index in [9.17, 15) is 19.2 Å². The maximum absolute atomic E-state index is 12.6. The number of aromatic nitrogens is 1. The van der Waals surface area contributed by atoms with E-state index in [4.69, 9.17) is 4.74 Å². The molecule has 1 saturated heterocycles. The van der Waals surface area contributed by atoms with Gasteiger partial charge in [0.25, 0.3) is 11.5 Å². The van der Waals surface area contributed by atoms with Crippen LogP contribution in [0.5, 0.6) is 0 Å². The molecule has 156 valence electrons. The minimum atomic E-state index is -0.553. The fourth-order valence-corrected chi connectivity index (χ4v) is 3.94. The van der Waals surface area contributed by atoms with Gasteiger partial charge in [-0.05, 0) is 35.6 Å². The van der Waals surface area contributed by atoms with Crippen LogP contribution in [0.2, 0.25) is 0 Å². The number of amides is 2. The normalized spacial score (nSPS) is 17.5. The standard InChI is InChI=1S/C22H23N3O5/c1-22(2)10-17-15(18(26)11-22)9-16(20(28)24-17)19(27)23-12-13-4-3-5-14(8-13)25-6-7-30-21(25)29/h3-5,8-9H,6-7,10-12H2,1-2H3,(H,23,27)(H,24,28). The Morgan fingerprint density at radius 3 is 2.73 bits per heavy atom. The first-order valence-corrected chi connectivity index (χ1v) is 9.84. The Morgan fingerprint density at radius 1 is 1.20 bits per heavy atom. The summed E-state index contributed by atoms with van der Waals surface area (Å²) >= 11 is 0. The van der Waals surface area contributed by atoms with Gasteiger partial charge in [-0.2, -0.15) is 0 Å². The number of hydrogen-bond donors (Lipinski definition) is 2. The van der Waals surface area contributed by atoms with Gasteiger partial charge in [-0.15, -0.1) is 0 Å². The van der Waals surface area contributed by atoms with Crippen LogP contribution in [0.3, 0.4) is 0 Å². The van der Waals surface area contributed by atoms with Crippen molar-refractivity contribution in [3.63, 3.8) is 0 Å². The minimum absolute atomic E-state index is 0.0725. The second-order valence-electron chi connectivity index (χ2n) is 8.46. The lowest BCUT2D eigenvalue weighted by atomic mass is 9.75. The van der Waals surface area contributed by atoms with Crippen molar-refractivity contribution in [2.24, 2.45) is 5.41 Å². The zero-order chi connectivity index (χ0) is 21.5. The van der Waals surface area contributed by atoms with Gasteiger partial charge in [0.2, 0.25) is 0 Å². The Hall–Kier alpha value is -3.42. The van der Waals surface area contributed by atoms with E-state index >= 15 is 0 Å². The molecule has 0 spiro atoms. The maximum atomic E-state index is 12.6. The predicted molar refractivity (Wildman–Crippen MR) is 110 cm³/mol. The van der Waals surface area contributed by atoms with Gasteiger partial charge >= 0.3 is 6.09 Å². The number of ketones is 1. The van der Waals surface area contributed by atoms with Crippen molar-refractivity contribution in [1.82, 2.24) is 10.3 Å². The van der Waals surface area contributed by atoms with Gasteiger partial charge in [-0.1, -0.05) is 26.0 Å². The highest BCUT2D eigenvalue weighted by Gasteiger charge is 2.32. The van der Waals surface area contributed by atoms with Crippen LogP contribution in [-0.2, 0) is 17.7 Å². The van der Waals surface area contributed by atoms with Gasteiger partial charge in [0.15, 0.2) is 5.78 Å². The van der Waals surface area contributed by atoms with Gasteiger partial charge < -0.3 is 15.0 Å². The quantitative estimate of drug-likeness (QED) is 0.806. The molecule has 8 heteroatoms. The Kier molecular flexibility index (Phi) is 4.93. The van der Waals surface area contributed by atoms with E-state index in [0.717, 1.165) is 5.56 Å². The van der Waals surface area contributed by atoms with Crippen LogP contribution in [-0.4, -0.2) is 35.9 Å². The second kappa shape index (κ2) is 7.44. The molecule has 2 amide bonds. The van der Waals surface area contributed by atoms with Crippen molar-refractivity contribution in [2.45, 2.75) is 33.2 Å². The van der Waals surface area contributed by atoms with Gasteiger partial charge in [-0.25, -0.2) is 4.79 Å². The van der Waals surface area contributed by atoms with E-state index in [-0.39, 0.29) is 23.3 Å². The predicted octanol–water partition coefficient (Wildman–Crippen LogP) is 2.42. The number of aromatic amines is 1. The highest BCUT2D eigenvalue weighted by Crippen LogP contribution is 2.33. The van der Waals surface area contributed by atoms with Crippen LogP contribution in [0.1, 0.15) is 52.2 Å². The van der Waals surface area contributed by atoms with E-state index in [0.29, 0.717) is 42.9 Å². The number of rotatable bonds is 4. The molecule has 1 fully saturated rings. The smallest absolute Gasteiger partial charge is 0.414 e. The number of H-pyrrole nitrogens is 1. The largest absolute Gasteiger partial charge is 0.447 e. The molecule has 0 unspecified atom stereocenters. The molecule has 4 rings (SSSR count). The third kappa shape index (κ3) is 3.85. The SMILES string of the molecule is CC1(C)CC(=O)c2cc(C(=O)NCc3cccc(N4CCOC4=O)c3)c(=O)[nH]c2C1. The first-order chi connectivity index (χ1) is 14.2. The van der Waals surface area contributed by atoms with Crippen LogP contribution < -0.4 is 15.8 Å². The van der Waals surface area contributed by atoms with Crippen molar-refractivity contribution in [3.05, 3.63) is 63.1 Å². The van der Waals surface area contributed by atoms with Crippen molar-refractivity contribution in [3.8, 4) is 0 Å². The molecular weight excluding hydrogens is 386 g/mol. The highest BCUT2D eigenvalue weighted by molar-refractivity contribution is 6.02. The minimum Gasteiger partial charge on any atom is -0.447 e. The number of carbonyl (C=O) groups is 3. The Labute approximate surface area is 173 Å². The van der Waals surface area contributed by atoms with Gasteiger partial charge in [0.1, 0.15) is 12.2 Å². The fourth-order valence-electron chi connectivity index (χ4n) is 3.94. The third-order valence-corrected chi connectivity index (χ3v) is 5.40. The molecule has 2 aromatic rings. The van der Waals surface area contributed by atoms with Gasteiger partial charge in [0, 0.05) is 29.9 Å². The number of Topliss-reactive ketones (excluding diaryl/α,β-unsaturated/α-hetero) is 1. The summed E-state index contributed by atoms with van der Waals surface area (Å²) in [5, 5.41) is 2.72. The lowest BCUT2D eigenvalue weighted by Gasteiger charge is -2.29. The second-order valence-corrected chi connectivity index (χ2v) is 8.46. The first-order valence-electron chi connectivity index (χ1n) is 9.84. The third-order valence-electron chi connectivity index (χ3n) is 5.40. The summed E-state index contributed by atoms with van der Waals surface area (Å²) in [7, 11) is 0. The lowest BCUT2D eigenvalue weighted by molar-refractivity contribution is 0.0910. The van der Waals surface area contributed by atoms with E-state index in [1.54, 1.807) is 18.2 Å². The molecule has 0 bridgehead atoms. The van der Waals surface area contributed by atoms with E-state index in [1.807, 2.05) is 19.9 Å². The first kappa shape index (κ1) is 19.9. The number of fused-ring (bicyclic) bond motifs is 1. The zero-order valence-corrected chi connectivity index (χ0v) is 16.9. The molecule has 1 aliphatic carbocycles. The van der Waals surface area contributed by atoms with Crippen LogP contribution in [0.15, 0.2) is 35.1 Å². The average Bonchev–Trinajstić information content (AvgIpc) is 3.11. The monoisotopic (exact) mass is 409 g/mol. The van der Waals surface area contributed by atoms with Crippen LogP contribution in [0.25, 0.3) is 0 Å². The van der Waals surface area contributed by atoms with Gasteiger partial charge in [0.05, 0.1) is 6.54 Å². The van der Waals surface area contributed by atoms with Crippen molar-refractivity contribution < 1.29 is 19.1 Å². The maximum Gasteiger partial charge on any atom is 0.414 e. The van der Waals surface area contributed by atoms with Crippen molar-refractivity contribution >= 4 is 23.5 Å². The number of carbonyl (C=O) groups excluding carboxylic acids is 3. The summed E-state index contributed by atoms with van der Waals surface area (Å²) in [5.74, 6) is -0.626. The summed E-state index contributed by atoms with van der Waals surface area (Å²) < 4.78 is 4.95. The Balaban J connectivity index is 1.50. The summed E-state index contributed by atoms with van der Waals surface area (Å²) in [6, 6.07) is 8.58. The van der Waals surface area contributed by atoms with Crippen molar-refractivity contribution in [1.29, 1.82) is 0 Å².